The van der Waals surface area contributed by atoms with E-state index in [9.17, 15) is 4.79 Å². The number of esters is 1. The van der Waals surface area contributed by atoms with Crippen LogP contribution in [0.4, 0.5) is 0 Å². The summed E-state index contributed by atoms with van der Waals surface area (Å²) in [7, 11) is 0. The summed E-state index contributed by atoms with van der Waals surface area (Å²) in [5.41, 5.74) is 2.47. The number of hydrogen-bond donors (Lipinski definition) is 0. The van der Waals surface area contributed by atoms with Crippen LogP contribution < -0.4 is 14.2 Å². The van der Waals surface area contributed by atoms with Crippen molar-refractivity contribution >= 4 is 5.97 Å². The highest BCUT2D eigenvalue weighted by Gasteiger charge is 2.23. The Bertz CT molecular complexity index is 656. The van der Waals surface area contributed by atoms with Crippen molar-refractivity contribution in [2.45, 2.75) is 13.8 Å². The van der Waals surface area contributed by atoms with Gasteiger partial charge in [0, 0.05) is 0 Å². The van der Waals surface area contributed by atoms with Gasteiger partial charge in [-0.15, -0.1) is 0 Å². The van der Waals surface area contributed by atoms with Crippen molar-refractivity contribution in [1.29, 1.82) is 0 Å². The molecule has 3 rings (SSSR count). The van der Waals surface area contributed by atoms with Crippen molar-refractivity contribution in [2.24, 2.45) is 0 Å². The normalized spacial score (nSPS) is 12.3. The Morgan fingerprint density at radius 2 is 1.85 bits per heavy atom. The number of carbonyl (C=O) groups excluding carboxylic acids is 1. The molecule has 20 heavy (non-hydrogen) atoms. The first kappa shape index (κ1) is 12.5. The largest absolute Gasteiger partial charge is 0.454 e. The first-order valence-corrected chi connectivity index (χ1v) is 6.32. The minimum absolute atomic E-state index is 0.128. The third-order valence-corrected chi connectivity index (χ3v) is 3.02. The Labute approximate surface area is 116 Å². The molecule has 0 amide bonds. The summed E-state index contributed by atoms with van der Waals surface area (Å²) < 4.78 is 16.0. The number of carbonyl (C=O) groups is 1. The summed E-state index contributed by atoms with van der Waals surface area (Å²) >= 11 is 0. The van der Waals surface area contributed by atoms with Gasteiger partial charge in [-0.3, -0.25) is 0 Å². The van der Waals surface area contributed by atoms with Crippen LogP contribution >= 0.6 is 0 Å². The lowest BCUT2D eigenvalue weighted by molar-refractivity contribution is 0.0730. The van der Waals surface area contributed by atoms with Gasteiger partial charge in [-0.25, -0.2) is 4.79 Å². The van der Waals surface area contributed by atoms with Gasteiger partial charge in [0.15, 0.2) is 11.5 Å². The molecule has 0 radical (unpaired) electrons. The van der Waals surface area contributed by atoms with Crippen LogP contribution in [0.15, 0.2) is 36.4 Å². The lowest BCUT2D eigenvalue weighted by Gasteiger charge is -2.08. The van der Waals surface area contributed by atoms with Gasteiger partial charge in [-0.1, -0.05) is 12.1 Å². The quantitative estimate of drug-likeness (QED) is 0.620. The van der Waals surface area contributed by atoms with E-state index in [2.05, 4.69) is 0 Å². The molecule has 0 unspecified atom stereocenters. The Morgan fingerprint density at radius 1 is 1.10 bits per heavy atom. The fourth-order valence-corrected chi connectivity index (χ4v) is 2.24. The van der Waals surface area contributed by atoms with E-state index < -0.39 is 5.97 Å². The molecule has 0 spiro atoms. The molecule has 4 nitrogen and oxygen atoms in total. The van der Waals surface area contributed by atoms with E-state index in [4.69, 9.17) is 14.2 Å². The summed E-state index contributed by atoms with van der Waals surface area (Å²) in [6.07, 6.45) is 0. The standard InChI is InChI=1S/C16H14O4/c1-10-6-11(2)8-12(7-10)20-16(17)13-4-3-5-14-15(13)19-9-18-14/h3-8H,9H2,1-2H3. The van der Waals surface area contributed by atoms with Crippen molar-refractivity contribution in [3.8, 4) is 17.2 Å². The number of benzene rings is 2. The highest BCUT2D eigenvalue weighted by molar-refractivity contribution is 5.95. The van der Waals surface area contributed by atoms with Crippen LogP contribution in [0.25, 0.3) is 0 Å². The molecule has 102 valence electrons. The Morgan fingerprint density at radius 3 is 2.60 bits per heavy atom. The molecule has 0 aliphatic carbocycles. The zero-order valence-electron chi connectivity index (χ0n) is 11.3. The number of aryl methyl sites for hydroxylation is 2. The van der Waals surface area contributed by atoms with Gasteiger partial charge in [0.25, 0.3) is 0 Å². The molecular weight excluding hydrogens is 256 g/mol. The van der Waals surface area contributed by atoms with E-state index in [0.29, 0.717) is 22.8 Å². The number of fused-ring (bicyclic) bond motifs is 1. The first-order chi connectivity index (χ1) is 9.63. The smallest absolute Gasteiger partial charge is 0.347 e. The van der Waals surface area contributed by atoms with Crippen LogP contribution in [0, 0.1) is 13.8 Å². The van der Waals surface area contributed by atoms with Crippen LogP contribution in [0.1, 0.15) is 21.5 Å². The van der Waals surface area contributed by atoms with Crippen molar-refractivity contribution in [2.75, 3.05) is 6.79 Å². The molecule has 2 aromatic rings. The summed E-state index contributed by atoms with van der Waals surface area (Å²) in [4.78, 5) is 12.2. The summed E-state index contributed by atoms with van der Waals surface area (Å²) in [5.74, 6) is 1.10. The SMILES string of the molecule is Cc1cc(C)cc(OC(=O)c2cccc3c2OCO3)c1. The van der Waals surface area contributed by atoms with Crippen LogP contribution in [0.3, 0.4) is 0 Å². The minimum atomic E-state index is -0.447. The zero-order chi connectivity index (χ0) is 14.1. The van der Waals surface area contributed by atoms with Crippen LogP contribution in [0.5, 0.6) is 17.2 Å². The van der Waals surface area contributed by atoms with E-state index >= 15 is 0 Å². The average molecular weight is 270 g/mol. The number of rotatable bonds is 2. The molecule has 0 bridgehead atoms. The average Bonchev–Trinajstić information content (AvgIpc) is 2.85. The van der Waals surface area contributed by atoms with Crippen LogP contribution in [-0.4, -0.2) is 12.8 Å². The Kier molecular flexibility index (Phi) is 3.06. The molecule has 0 aromatic heterocycles. The predicted octanol–water partition coefficient (Wildman–Crippen LogP) is 3.25. The predicted molar refractivity (Wildman–Crippen MR) is 73.4 cm³/mol. The van der Waals surface area contributed by atoms with Gasteiger partial charge in [0.2, 0.25) is 6.79 Å². The summed E-state index contributed by atoms with van der Waals surface area (Å²) in [5, 5.41) is 0. The number of ether oxygens (including phenoxy) is 3. The third kappa shape index (κ3) is 2.32. The molecule has 1 aliphatic rings. The molecule has 4 heteroatoms. The fraction of sp³-hybridized carbons (Fsp3) is 0.188. The van der Waals surface area contributed by atoms with Gasteiger partial charge < -0.3 is 14.2 Å². The molecule has 2 aromatic carbocycles. The topological polar surface area (TPSA) is 44.8 Å². The highest BCUT2D eigenvalue weighted by Crippen LogP contribution is 2.35. The van der Waals surface area contributed by atoms with Gasteiger partial charge in [-0.2, -0.15) is 0 Å². The van der Waals surface area contributed by atoms with E-state index in [-0.39, 0.29) is 6.79 Å². The third-order valence-electron chi connectivity index (χ3n) is 3.02. The van der Waals surface area contributed by atoms with E-state index in [1.165, 1.54) is 0 Å². The zero-order valence-corrected chi connectivity index (χ0v) is 11.3. The van der Waals surface area contributed by atoms with Gasteiger partial charge in [-0.05, 0) is 49.2 Å². The van der Waals surface area contributed by atoms with Gasteiger partial charge in [0.1, 0.15) is 11.3 Å². The molecule has 0 saturated carbocycles. The highest BCUT2D eigenvalue weighted by atomic mass is 16.7. The molecule has 0 saturated heterocycles. The second-order valence-electron chi connectivity index (χ2n) is 4.75. The minimum Gasteiger partial charge on any atom is -0.454 e. The number of para-hydroxylation sites is 1. The van der Waals surface area contributed by atoms with E-state index in [0.717, 1.165) is 11.1 Å². The lowest BCUT2D eigenvalue weighted by atomic mass is 10.1. The molecule has 1 heterocycles. The molecule has 0 atom stereocenters. The molecule has 0 N–H and O–H groups in total. The van der Waals surface area contributed by atoms with E-state index in [1.807, 2.05) is 32.0 Å². The van der Waals surface area contributed by atoms with Gasteiger partial charge in [0.05, 0.1) is 0 Å². The molecule has 1 aliphatic heterocycles. The fourth-order valence-electron chi connectivity index (χ4n) is 2.24. The Balaban J connectivity index is 1.88. The lowest BCUT2D eigenvalue weighted by Crippen LogP contribution is -2.09. The van der Waals surface area contributed by atoms with Crippen LogP contribution in [-0.2, 0) is 0 Å². The first-order valence-electron chi connectivity index (χ1n) is 6.32. The van der Waals surface area contributed by atoms with Crippen molar-refractivity contribution in [3.05, 3.63) is 53.1 Å². The van der Waals surface area contributed by atoms with E-state index in [1.54, 1.807) is 18.2 Å². The van der Waals surface area contributed by atoms with Crippen LogP contribution in [0.2, 0.25) is 0 Å². The molecule has 0 fully saturated rings. The maximum Gasteiger partial charge on any atom is 0.347 e. The maximum atomic E-state index is 12.2. The maximum absolute atomic E-state index is 12.2. The van der Waals surface area contributed by atoms with Gasteiger partial charge >= 0.3 is 5.97 Å². The summed E-state index contributed by atoms with van der Waals surface area (Å²) in [6, 6.07) is 10.8. The second kappa shape index (κ2) is 4.89. The van der Waals surface area contributed by atoms with Crippen molar-refractivity contribution < 1.29 is 19.0 Å². The Hall–Kier alpha value is -2.49. The second-order valence-corrected chi connectivity index (χ2v) is 4.75. The number of hydrogen-bond acceptors (Lipinski definition) is 4. The summed E-state index contributed by atoms with van der Waals surface area (Å²) in [6.45, 7) is 4.05. The van der Waals surface area contributed by atoms with Crippen molar-refractivity contribution in [1.82, 2.24) is 0 Å². The monoisotopic (exact) mass is 270 g/mol. The van der Waals surface area contributed by atoms with Crippen molar-refractivity contribution in [3.63, 3.8) is 0 Å². The molecular formula is C16H14O4.